The van der Waals surface area contributed by atoms with Gasteiger partial charge in [0.05, 0.1) is 11.6 Å². The minimum absolute atomic E-state index is 0.0280. The first-order chi connectivity index (χ1) is 13.4. The number of anilines is 2. The summed E-state index contributed by atoms with van der Waals surface area (Å²) in [6.45, 7) is 5.33. The molecule has 1 saturated heterocycles. The highest BCUT2D eigenvalue weighted by Crippen LogP contribution is 2.28. The number of aryl methyl sites for hydroxylation is 1. The molecule has 7 nitrogen and oxygen atoms in total. The maximum absolute atomic E-state index is 12.6. The molecule has 2 amide bonds. The van der Waals surface area contributed by atoms with Crippen molar-refractivity contribution in [1.82, 2.24) is 9.88 Å². The van der Waals surface area contributed by atoms with Gasteiger partial charge in [-0.05, 0) is 32.0 Å². The zero-order chi connectivity index (χ0) is 20.3. The summed E-state index contributed by atoms with van der Waals surface area (Å²) in [5.41, 5.74) is 2.38. The average Bonchev–Trinajstić information content (AvgIpc) is 2.68. The maximum atomic E-state index is 12.6. The van der Waals surface area contributed by atoms with Crippen molar-refractivity contribution in [3.63, 3.8) is 0 Å². The molecule has 0 bridgehead atoms. The number of nitrogens with one attached hydrogen (secondary N) is 1. The minimum atomic E-state index is -1.000. The van der Waals surface area contributed by atoms with Gasteiger partial charge in [-0.2, -0.15) is 0 Å². The number of aromatic nitrogens is 1. The Morgan fingerprint density at radius 3 is 2.68 bits per heavy atom. The second-order valence-electron chi connectivity index (χ2n) is 7.06. The zero-order valence-electron chi connectivity index (χ0n) is 16.0. The Labute approximate surface area is 169 Å². The molecule has 1 fully saturated rings. The quantitative estimate of drug-likeness (QED) is 0.729. The fraction of sp³-hybridized carbons (Fsp3) is 0.400. The summed E-state index contributed by atoms with van der Waals surface area (Å²) in [4.78, 5) is 20.8. The average molecular weight is 405 g/mol. The molecule has 0 saturated carbocycles. The van der Waals surface area contributed by atoms with E-state index < -0.39 is 6.10 Å². The van der Waals surface area contributed by atoms with E-state index in [4.69, 9.17) is 16.7 Å². The predicted octanol–water partition coefficient (Wildman–Crippen LogP) is 2.81. The van der Waals surface area contributed by atoms with Crippen LogP contribution in [0.5, 0.6) is 0 Å². The number of carbonyl (C=O) groups is 1. The largest absolute Gasteiger partial charge is 0.393 e. The van der Waals surface area contributed by atoms with Crippen molar-refractivity contribution in [2.45, 2.75) is 26.0 Å². The topological polar surface area (TPSA) is 88.9 Å². The van der Waals surface area contributed by atoms with Crippen molar-refractivity contribution >= 4 is 29.1 Å². The normalized spacial score (nSPS) is 18.1. The molecule has 3 rings (SSSR count). The third kappa shape index (κ3) is 4.55. The summed E-state index contributed by atoms with van der Waals surface area (Å²) in [6.07, 6.45) is 0.517. The minimum Gasteiger partial charge on any atom is -0.393 e. The van der Waals surface area contributed by atoms with E-state index in [1.807, 2.05) is 43.0 Å². The van der Waals surface area contributed by atoms with E-state index in [0.29, 0.717) is 36.0 Å². The summed E-state index contributed by atoms with van der Waals surface area (Å²) in [7, 11) is 0. The van der Waals surface area contributed by atoms with Crippen LogP contribution < -0.4 is 10.2 Å². The van der Waals surface area contributed by atoms with E-state index in [1.54, 1.807) is 11.0 Å². The number of amides is 2. The zero-order valence-corrected chi connectivity index (χ0v) is 16.7. The molecule has 2 aromatic rings. The van der Waals surface area contributed by atoms with E-state index in [1.165, 1.54) is 6.20 Å². The highest BCUT2D eigenvalue weighted by atomic mass is 35.5. The maximum Gasteiger partial charge on any atom is 0.322 e. The third-order valence-electron chi connectivity index (χ3n) is 4.89. The van der Waals surface area contributed by atoms with Gasteiger partial charge >= 0.3 is 6.03 Å². The Bertz CT molecular complexity index is 831. The predicted molar refractivity (Wildman–Crippen MR) is 110 cm³/mol. The van der Waals surface area contributed by atoms with Gasteiger partial charge in [-0.25, -0.2) is 9.78 Å². The Balaban J connectivity index is 1.64. The summed E-state index contributed by atoms with van der Waals surface area (Å²) in [6, 6.07) is 9.16. The molecule has 3 N–H and O–H groups in total. The molecule has 0 aliphatic carbocycles. The second-order valence-corrected chi connectivity index (χ2v) is 7.46. The molecule has 2 unspecified atom stereocenters. The molecule has 1 aliphatic heterocycles. The summed E-state index contributed by atoms with van der Waals surface area (Å²) in [5, 5.41) is 22.1. The van der Waals surface area contributed by atoms with Gasteiger partial charge in [0.15, 0.2) is 0 Å². The number of halogens is 1. The van der Waals surface area contributed by atoms with Gasteiger partial charge in [-0.15, -0.1) is 0 Å². The van der Waals surface area contributed by atoms with Crippen molar-refractivity contribution in [2.75, 3.05) is 36.5 Å². The monoisotopic (exact) mass is 404 g/mol. The van der Waals surface area contributed by atoms with Crippen LogP contribution >= 0.6 is 11.6 Å². The number of nitrogens with zero attached hydrogens (tertiary/aromatic N) is 3. The number of urea groups is 1. The van der Waals surface area contributed by atoms with Crippen molar-refractivity contribution in [3.8, 4) is 0 Å². The smallest absolute Gasteiger partial charge is 0.322 e. The van der Waals surface area contributed by atoms with E-state index in [-0.39, 0.29) is 18.7 Å². The van der Waals surface area contributed by atoms with Gasteiger partial charge in [0.2, 0.25) is 0 Å². The van der Waals surface area contributed by atoms with Crippen LogP contribution in [0.4, 0.5) is 16.3 Å². The standard InChI is InChI=1S/C20H25ClN4O3/c1-13-3-5-16(6-4-13)23-20(28)25-8-7-24(11-14(25)2)19-17(21)9-15(10-22-19)18(27)12-26/h3-6,9-10,14,18,26-27H,7-8,11-12H2,1-2H3,(H,23,28). The van der Waals surface area contributed by atoms with Crippen molar-refractivity contribution < 1.29 is 15.0 Å². The van der Waals surface area contributed by atoms with E-state index in [9.17, 15) is 9.90 Å². The van der Waals surface area contributed by atoms with Gasteiger partial charge in [0, 0.05) is 43.1 Å². The Morgan fingerprint density at radius 1 is 1.36 bits per heavy atom. The van der Waals surface area contributed by atoms with Gasteiger partial charge in [0.1, 0.15) is 11.9 Å². The highest BCUT2D eigenvalue weighted by Gasteiger charge is 2.29. The van der Waals surface area contributed by atoms with Gasteiger partial charge < -0.3 is 25.3 Å². The molecule has 1 aromatic carbocycles. The number of carbonyl (C=O) groups excluding carboxylic acids is 1. The highest BCUT2D eigenvalue weighted by molar-refractivity contribution is 6.33. The van der Waals surface area contributed by atoms with Crippen LogP contribution in [-0.4, -0.2) is 58.4 Å². The molecular weight excluding hydrogens is 380 g/mol. The second kappa shape index (κ2) is 8.77. The van der Waals surface area contributed by atoms with E-state index >= 15 is 0 Å². The lowest BCUT2D eigenvalue weighted by molar-refractivity contribution is 0.0953. The lowest BCUT2D eigenvalue weighted by Gasteiger charge is -2.40. The number of piperazine rings is 1. The van der Waals surface area contributed by atoms with Gasteiger partial charge in [-0.1, -0.05) is 29.3 Å². The van der Waals surface area contributed by atoms with Crippen LogP contribution in [-0.2, 0) is 0 Å². The van der Waals surface area contributed by atoms with Crippen molar-refractivity contribution in [1.29, 1.82) is 0 Å². The molecule has 8 heteroatoms. The van der Waals surface area contributed by atoms with Crippen LogP contribution in [0.25, 0.3) is 0 Å². The summed E-state index contributed by atoms with van der Waals surface area (Å²) in [5.74, 6) is 0.612. The molecule has 1 aliphatic rings. The van der Waals surface area contributed by atoms with Crippen LogP contribution in [0, 0.1) is 6.92 Å². The van der Waals surface area contributed by atoms with Crippen molar-refractivity contribution in [2.24, 2.45) is 0 Å². The lowest BCUT2D eigenvalue weighted by atomic mass is 10.1. The van der Waals surface area contributed by atoms with Gasteiger partial charge in [-0.3, -0.25) is 0 Å². The number of rotatable bonds is 4. The van der Waals surface area contributed by atoms with Crippen LogP contribution in [0.2, 0.25) is 5.02 Å². The first-order valence-electron chi connectivity index (χ1n) is 9.22. The molecule has 2 heterocycles. The Hall–Kier alpha value is -2.35. The fourth-order valence-electron chi connectivity index (χ4n) is 3.25. The number of aliphatic hydroxyl groups excluding tert-OH is 2. The Morgan fingerprint density at radius 2 is 2.07 bits per heavy atom. The number of pyridine rings is 1. The van der Waals surface area contributed by atoms with Crippen LogP contribution in [0.15, 0.2) is 36.5 Å². The summed E-state index contributed by atoms with van der Waals surface area (Å²) < 4.78 is 0. The number of hydrogen-bond donors (Lipinski definition) is 3. The summed E-state index contributed by atoms with van der Waals surface area (Å²) >= 11 is 6.34. The molecule has 0 spiro atoms. The van der Waals surface area contributed by atoms with Crippen LogP contribution in [0.3, 0.4) is 0 Å². The molecule has 0 radical (unpaired) electrons. The first-order valence-corrected chi connectivity index (χ1v) is 9.60. The SMILES string of the molecule is Cc1ccc(NC(=O)N2CCN(c3ncc(C(O)CO)cc3Cl)CC2C)cc1. The molecule has 1 aromatic heterocycles. The number of aliphatic hydroxyl groups is 2. The first kappa shape index (κ1) is 20.4. The lowest BCUT2D eigenvalue weighted by Crippen LogP contribution is -2.55. The third-order valence-corrected chi connectivity index (χ3v) is 5.17. The molecular formula is C20H25ClN4O3. The molecule has 28 heavy (non-hydrogen) atoms. The number of benzene rings is 1. The van der Waals surface area contributed by atoms with E-state index in [2.05, 4.69) is 10.3 Å². The van der Waals surface area contributed by atoms with Crippen molar-refractivity contribution in [3.05, 3.63) is 52.7 Å². The van der Waals surface area contributed by atoms with Gasteiger partial charge in [0.25, 0.3) is 0 Å². The Kier molecular flexibility index (Phi) is 6.39. The van der Waals surface area contributed by atoms with E-state index in [0.717, 1.165) is 11.3 Å². The number of hydrogen-bond acceptors (Lipinski definition) is 5. The van der Waals surface area contributed by atoms with Crippen LogP contribution in [0.1, 0.15) is 24.2 Å². The fourth-order valence-corrected chi connectivity index (χ4v) is 3.54. The molecule has 150 valence electrons. The molecule has 2 atom stereocenters.